The number of nitrogens with zero attached hydrogens (tertiary/aromatic N) is 3. The predicted octanol–water partition coefficient (Wildman–Crippen LogP) is 19.5. The smallest absolute Gasteiger partial charge is 1.00 e. The van der Waals surface area contributed by atoms with Gasteiger partial charge in [-0.05, 0) is 200 Å². The molecule has 0 bridgehead atoms. The van der Waals surface area contributed by atoms with Crippen molar-refractivity contribution >= 4 is 202 Å². The van der Waals surface area contributed by atoms with Gasteiger partial charge in [-0.3, -0.25) is 18.0 Å². The van der Waals surface area contributed by atoms with Crippen molar-refractivity contribution in [1.29, 1.82) is 0 Å². The summed E-state index contributed by atoms with van der Waals surface area (Å²) in [5.41, 5.74) is 7.05. The number of hydrogen-bond acceptors (Lipinski definition) is 11. The van der Waals surface area contributed by atoms with Gasteiger partial charge in [0.25, 0.3) is 0 Å². The summed E-state index contributed by atoms with van der Waals surface area (Å²) in [7, 11) is 1.38. The van der Waals surface area contributed by atoms with Crippen LogP contribution in [0.4, 0.5) is 0 Å². The number of aryl methyl sites for hydroxylation is 1. The Bertz CT molecular complexity index is 4770. The average Bonchev–Trinajstić information content (AvgIpc) is 1.73. The van der Waals surface area contributed by atoms with Gasteiger partial charge in [0.05, 0.1) is 54.0 Å². The number of allylic oxidation sites excluding steroid dienone is 3. The van der Waals surface area contributed by atoms with Gasteiger partial charge in [-0.1, -0.05) is 337 Å². The van der Waals surface area contributed by atoms with Crippen molar-refractivity contribution in [3.8, 4) is 0 Å². The van der Waals surface area contributed by atoms with E-state index in [4.69, 9.17) is 74.3 Å². The number of thiol groups is 1. The second kappa shape index (κ2) is 67.5. The van der Waals surface area contributed by atoms with E-state index >= 15 is 0 Å². The second-order valence-electron chi connectivity index (χ2n) is 35.5. The fourth-order valence-corrected chi connectivity index (χ4v) is 18.0. The van der Waals surface area contributed by atoms with Crippen LogP contribution in [0.25, 0.3) is 10.8 Å². The van der Waals surface area contributed by atoms with Crippen LogP contribution in [0.2, 0.25) is 30.1 Å². The molecule has 8 aromatic carbocycles. The summed E-state index contributed by atoms with van der Waals surface area (Å²) in [6.07, 6.45) is 14.3. The molecule has 2 amide bonds. The minimum absolute atomic E-state index is 0. The van der Waals surface area contributed by atoms with Crippen molar-refractivity contribution in [3.63, 3.8) is 0 Å². The molecule has 0 aromatic heterocycles. The van der Waals surface area contributed by atoms with Gasteiger partial charge in [0.15, 0.2) is 18.7 Å². The Morgan fingerprint density at radius 2 is 0.850 bits per heavy atom. The number of likely N-dealkylation sites (tertiary alicyclic amines) is 2. The summed E-state index contributed by atoms with van der Waals surface area (Å²) in [5, 5.41) is 16.8. The van der Waals surface area contributed by atoms with Crippen molar-refractivity contribution in [2.75, 3.05) is 20.3 Å². The number of carbonyl (C=O) groups is 2. The molecule has 13 nitrogen and oxygen atoms in total. The number of aliphatic hydroxyl groups is 1. The van der Waals surface area contributed by atoms with E-state index < -0.39 is 33.0 Å². The van der Waals surface area contributed by atoms with Crippen molar-refractivity contribution in [3.05, 3.63) is 302 Å². The summed E-state index contributed by atoms with van der Waals surface area (Å²) < 4.78 is 51.5. The van der Waals surface area contributed by atoms with Crippen LogP contribution in [-0.4, -0.2) is 173 Å². The standard InChI is InChI=1S/C30H39Cl2NO.C26H31Cl2NO2.C26H30Cl2NO.C11H10.2C3H8O2S.C3H7.CH4O2S.2CH4.3ClH.3Mg/c1-7-17-30(6)19-26(23-9-8-10-25(32)18-23)28(22-12-14-24(31)15-13-22)33(29(30)34)27(21(4)5)16-11-20(2)3;1-5-13-26(4)15-22(19-7-6-8-21(28)14-19)24(18-9-11-20(27)12-10-18)29(25(26)31)23(16-30)17(2)3;1-5-13-26(4)15-22(19-7-6-8-21(28)14-19)24(18-9-11-20(27)12-10-18)29-23(17(2)3)16-30-25(26)29;1-9-5-4-7-10-6-2-3-8-11(9)10;2*1-3(2)6(4)5;1-3-2;1-2-3-4;;;;;;;;/h7-10,12-15,18,20-21,26-28H,1,11,16-17,19H2,2-6H3;5-12,14,17,22-24,30H,1,13,15-16H2,2-4H3;5-12,14,17,22-24H,1,13,15-16H2,2-4H3;2-8H,1H3;2*3H,1-2H3,(H,4,5);3H,1-2H3;4H,1H3;2*1H4;3*1H;;;/q;;+1;;;;-1;;;;;;;3*+2/p-5/t26-,27-,28?,30+;22-,23-,24?,26+;22-,23-,24-,26+;;;;;;;;;;;;;/m111............./s1. The third-order valence-corrected chi connectivity index (χ3v) is 26.6. The number of ether oxygens (including phenoxy) is 1. The summed E-state index contributed by atoms with van der Waals surface area (Å²) in [6.45, 7) is 49.3. The molecule has 2 saturated heterocycles. The molecular formula is C105H143Cl9Mg3N3O10S3+. The number of benzene rings is 8. The molecular weight excluding hydrogens is 1950 g/mol. The van der Waals surface area contributed by atoms with Crippen LogP contribution < -0.4 is 37.2 Å². The number of amides is 2. The molecule has 0 radical (unpaired) electrons. The number of halogens is 9. The Labute approximate surface area is 907 Å². The average molecular weight is 2100 g/mol. The number of carbonyl (C=O) groups excluding carboxylic acids is 2. The molecule has 4 heterocycles. The van der Waals surface area contributed by atoms with E-state index in [1.165, 1.54) is 40.1 Å². The SMILES string of the molecule is C.C.C=CC[C@@]1(C)C[C@H](c2cccc(Cl)c2)C(c2ccc(Cl)cc2)N([C@H](CCC(C)C)C(C)C)C1=O.C=CC[C@@]1(C)C[C@H](c2cccc(Cl)c2)C(c2ccc(Cl)cc2)N([C@H](CO)C(C)C)C1=O.C=CC[C@@]1(C)C[C@H](c2cccc(Cl)c2)[C@@H](c2ccc(Cl)cc2)[N+]2=C1OC[C@@H]2C(C)C.CC(C)S(=O)[O-].CC(C)S(=O)[O-].COOS.C[CH-]C.Cc1cccc2ccccc12.[Cl-].[Cl-].[Cl-].[Mg+2].[Mg+2].[Mg+2]. The molecule has 4 unspecified atom stereocenters. The molecule has 8 aromatic rings. The molecule has 0 spiro atoms. The normalized spacial score (nSPS) is 21.0. The van der Waals surface area contributed by atoms with Crippen LogP contribution in [0.3, 0.4) is 0 Å². The number of piperidine rings is 2. The Morgan fingerprint density at radius 1 is 0.519 bits per heavy atom. The molecule has 2 fully saturated rings. The van der Waals surface area contributed by atoms with Crippen molar-refractivity contribution in [2.45, 2.75) is 255 Å². The molecule has 1 N–H and O–H groups in total. The Balaban J connectivity index is -0.000000789. The molecule has 12 rings (SSSR count). The Morgan fingerprint density at radius 3 is 1.17 bits per heavy atom. The number of rotatable bonds is 24. The maximum Gasteiger partial charge on any atom is 2.00 e. The molecule has 28 heteroatoms. The van der Waals surface area contributed by atoms with E-state index in [1.54, 1.807) is 27.7 Å². The van der Waals surface area contributed by atoms with Gasteiger partial charge < -0.3 is 72.4 Å². The van der Waals surface area contributed by atoms with Gasteiger partial charge in [0, 0.05) is 82.9 Å². The third-order valence-electron chi connectivity index (χ3n) is 23.4. The van der Waals surface area contributed by atoms with Crippen molar-refractivity contribution in [1.82, 2.24) is 9.80 Å². The minimum atomic E-state index is -1.87. The molecule has 133 heavy (non-hydrogen) atoms. The fourth-order valence-electron chi connectivity index (χ4n) is 17.1. The van der Waals surface area contributed by atoms with Crippen molar-refractivity contribution < 1.29 is 88.0 Å². The van der Waals surface area contributed by atoms with E-state index in [-0.39, 0.29) is 209 Å². The van der Waals surface area contributed by atoms with Crippen LogP contribution in [0.15, 0.2) is 226 Å². The summed E-state index contributed by atoms with van der Waals surface area (Å²) >= 11 is 37.4. The van der Waals surface area contributed by atoms with Crippen LogP contribution in [0.5, 0.6) is 0 Å². The van der Waals surface area contributed by atoms with Crippen LogP contribution in [0.1, 0.15) is 259 Å². The van der Waals surface area contributed by atoms with Gasteiger partial charge in [-0.2, -0.15) is 22.8 Å². The topological polar surface area (TPSA) is 172 Å². The Kier molecular flexibility index (Phi) is 69.1. The molecule has 724 valence electrons. The van der Waals surface area contributed by atoms with E-state index in [1.807, 2.05) is 149 Å². The van der Waals surface area contributed by atoms with Gasteiger partial charge >= 0.3 is 75.1 Å². The van der Waals surface area contributed by atoms with Crippen LogP contribution >= 0.6 is 82.5 Å². The zero-order chi connectivity index (χ0) is 93.4. The number of aliphatic hydroxyl groups excluding tert-OH is 1. The molecule has 4 aliphatic heterocycles. The Hall–Kier alpha value is -2.99. The van der Waals surface area contributed by atoms with Gasteiger partial charge in [0.1, 0.15) is 0 Å². The number of hydrogen-bond donors (Lipinski definition) is 2. The zero-order valence-electron chi connectivity index (χ0n) is 79.8. The summed E-state index contributed by atoms with van der Waals surface area (Å²) in [4.78, 5) is 36.4. The molecule has 14 atom stereocenters. The first-order valence-corrected chi connectivity index (χ1v) is 48.1. The summed E-state index contributed by atoms with van der Waals surface area (Å²) in [5.74, 6) is 3.28. The van der Waals surface area contributed by atoms with E-state index in [0.29, 0.717) is 58.1 Å². The zero-order valence-corrected chi connectivity index (χ0v) is 93.4. The molecule has 4 aliphatic rings. The van der Waals surface area contributed by atoms with E-state index in [9.17, 15) is 32.2 Å². The summed E-state index contributed by atoms with van der Waals surface area (Å²) in [6, 6.07) is 63.2. The van der Waals surface area contributed by atoms with Gasteiger partial charge in [0.2, 0.25) is 11.8 Å². The largest absolute Gasteiger partial charge is 2.00 e. The minimum Gasteiger partial charge on any atom is -1.00 e. The monoisotopic (exact) mass is 2090 g/mol. The van der Waals surface area contributed by atoms with Crippen LogP contribution in [-0.2, 0) is 45.7 Å². The van der Waals surface area contributed by atoms with Gasteiger partial charge in [-0.25, -0.2) is 4.89 Å². The number of fused-ring (bicyclic) bond motifs is 1. The fraction of sp³-hybridized carbons (Fsp3) is 0.467. The van der Waals surface area contributed by atoms with E-state index in [2.05, 4.69) is 217 Å². The first-order chi connectivity index (χ1) is 59.1. The second-order valence-corrected chi connectivity index (χ2v) is 41.2. The van der Waals surface area contributed by atoms with Crippen molar-refractivity contribution in [2.24, 2.45) is 39.9 Å². The third kappa shape index (κ3) is 40.0. The first kappa shape index (κ1) is 136. The molecule has 0 aliphatic carbocycles. The van der Waals surface area contributed by atoms with Gasteiger partial charge in [-0.15, -0.1) is 19.7 Å². The maximum atomic E-state index is 14.3. The quantitative estimate of drug-likeness (QED) is 0.00683. The van der Waals surface area contributed by atoms with E-state index in [0.717, 1.165) is 76.4 Å². The van der Waals surface area contributed by atoms with Crippen LogP contribution in [0, 0.1) is 53.3 Å². The first-order valence-electron chi connectivity index (χ1n) is 43.2. The maximum absolute atomic E-state index is 14.3. The molecule has 0 saturated carbocycles. The predicted molar refractivity (Wildman–Crippen MR) is 560 cm³/mol.